The number of anilines is 1. The molecule has 0 aliphatic carbocycles. The molecule has 1 aliphatic rings. The second kappa shape index (κ2) is 8.84. The first-order valence-electron chi connectivity index (χ1n) is 8.73. The maximum atomic E-state index is 9.10. The van der Waals surface area contributed by atoms with Crippen LogP contribution in [0.4, 0.5) is 5.82 Å². The predicted octanol–water partition coefficient (Wildman–Crippen LogP) is 2.64. The SMILES string of the molecule is N#Cc1ccc(OCCN2CCC(CNc3ncccc3C#N)C2)cc1. The molecule has 3 rings (SSSR count). The van der Waals surface area contributed by atoms with E-state index in [0.29, 0.717) is 29.5 Å². The molecule has 1 aromatic heterocycles. The van der Waals surface area contributed by atoms with Crippen LogP contribution in [0.5, 0.6) is 5.75 Å². The summed E-state index contributed by atoms with van der Waals surface area (Å²) in [5.41, 5.74) is 1.22. The zero-order valence-electron chi connectivity index (χ0n) is 14.6. The summed E-state index contributed by atoms with van der Waals surface area (Å²) in [7, 11) is 0. The second-order valence-electron chi connectivity index (χ2n) is 6.33. The molecule has 1 fully saturated rings. The average Bonchev–Trinajstić information content (AvgIpc) is 3.15. The van der Waals surface area contributed by atoms with Crippen molar-refractivity contribution < 1.29 is 4.74 Å². The van der Waals surface area contributed by atoms with Crippen LogP contribution in [-0.2, 0) is 0 Å². The minimum absolute atomic E-state index is 0.540. The molecule has 1 unspecified atom stereocenters. The van der Waals surface area contributed by atoms with Crippen LogP contribution in [0.15, 0.2) is 42.6 Å². The summed E-state index contributed by atoms with van der Waals surface area (Å²) >= 11 is 0. The van der Waals surface area contributed by atoms with Crippen molar-refractivity contribution in [1.82, 2.24) is 9.88 Å². The smallest absolute Gasteiger partial charge is 0.143 e. The molecule has 1 aromatic carbocycles. The first kappa shape index (κ1) is 17.7. The van der Waals surface area contributed by atoms with Crippen molar-refractivity contribution in [1.29, 1.82) is 10.5 Å². The molecule has 1 aliphatic heterocycles. The third kappa shape index (κ3) is 4.72. The van der Waals surface area contributed by atoms with E-state index in [4.69, 9.17) is 15.3 Å². The first-order chi connectivity index (χ1) is 12.8. The molecule has 6 nitrogen and oxygen atoms in total. The molecule has 1 atom stereocenters. The Bertz CT molecular complexity index is 806. The van der Waals surface area contributed by atoms with Crippen LogP contribution >= 0.6 is 0 Å². The number of aromatic nitrogens is 1. The Morgan fingerprint density at radius 2 is 2.04 bits per heavy atom. The van der Waals surface area contributed by atoms with Crippen LogP contribution in [-0.4, -0.2) is 42.7 Å². The highest BCUT2D eigenvalue weighted by Gasteiger charge is 2.22. The fourth-order valence-electron chi connectivity index (χ4n) is 3.08. The van der Waals surface area contributed by atoms with Crippen molar-refractivity contribution in [2.75, 3.05) is 38.1 Å². The number of ether oxygens (including phenoxy) is 1. The molecule has 1 N–H and O–H groups in total. The summed E-state index contributed by atoms with van der Waals surface area (Å²) in [5, 5.41) is 21.2. The highest BCUT2D eigenvalue weighted by atomic mass is 16.5. The second-order valence-corrected chi connectivity index (χ2v) is 6.33. The number of benzene rings is 1. The molecule has 1 saturated heterocycles. The molecule has 132 valence electrons. The van der Waals surface area contributed by atoms with Gasteiger partial charge in [0.25, 0.3) is 0 Å². The summed E-state index contributed by atoms with van der Waals surface area (Å²) < 4.78 is 5.75. The van der Waals surface area contributed by atoms with Gasteiger partial charge in [-0.2, -0.15) is 10.5 Å². The summed E-state index contributed by atoms with van der Waals surface area (Å²) in [6, 6.07) is 15.0. The van der Waals surface area contributed by atoms with Crippen molar-refractivity contribution in [3.8, 4) is 17.9 Å². The normalized spacial score (nSPS) is 16.6. The summed E-state index contributed by atoms with van der Waals surface area (Å²) in [4.78, 5) is 6.63. The fraction of sp³-hybridized carbons (Fsp3) is 0.350. The largest absolute Gasteiger partial charge is 0.492 e. The van der Waals surface area contributed by atoms with E-state index in [9.17, 15) is 0 Å². The third-order valence-corrected chi connectivity index (χ3v) is 4.52. The van der Waals surface area contributed by atoms with Crippen LogP contribution in [0, 0.1) is 28.6 Å². The minimum Gasteiger partial charge on any atom is -0.492 e. The van der Waals surface area contributed by atoms with Gasteiger partial charge in [-0.1, -0.05) is 0 Å². The third-order valence-electron chi connectivity index (χ3n) is 4.52. The van der Waals surface area contributed by atoms with E-state index in [1.807, 2.05) is 12.1 Å². The number of hydrogen-bond acceptors (Lipinski definition) is 6. The molecule has 2 heterocycles. The molecule has 26 heavy (non-hydrogen) atoms. The van der Waals surface area contributed by atoms with Crippen molar-refractivity contribution in [3.63, 3.8) is 0 Å². The first-order valence-corrected chi connectivity index (χ1v) is 8.73. The van der Waals surface area contributed by atoms with E-state index in [1.54, 1.807) is 30.5 Å². The Morgan fingerprint density at radius 3 is 2.81 bits per heavy atom. The van der Waals surface area contributed by atoms with Crippen LogP contribution in [0.2, 0.25) is 0 Å². The van der Waals surface area contributed by atoms with E-state index in [2.05, 4.69) is 27.3 Å². The molecule has 0 radical (unpaired) electrons. The van der Waals surface area contributed by atoms with E-state index < -0.39 is 0 Å². The van der Waals surface area contributed by atoms with Gasteiger partial charge < -0.3 is 10.1 Å². The Morgan fingerprint density at radius 1 is 1.19 bits per heavy atom. The van der Waals surface area contributed by atoms with Crippen LogP contribution in [0.1, 0.15) is 17.5 Å². The Labute approximate surface area is 153 Å². The predicted molar refractivity (Wildman–Crippen MR) is 98.6 cm³/mol. The lowest BCUT2D eigenvalue weighted by Crippen LogP contribution is -2.27. The maximum absolute atomic E-state index is 9.10. The molecular weight excluding hydrogens is 326 g/mol. The Hall–Kier alpha value is -3.09. The highest BCUT2D eigenvalue weighted by Crippen LogP contribution is 2.18. The van der Waals surface area contributed by atoms with E-state index in [-0.39, 0.29) is 0 Å². The molecule has 0 amide bonds. The standard InChI is InChI=1S/C20H21N5O/c21-12-16-3-5-19(6-4-16)26-11-10-25-9-7-17(15-25)14-24-20-18(13-22)2-1-8-23-20/h1-6,8,17H,7,9-11,14-15H2,(H,23,24). The van der Waals surface area contributed by atoms with Gasteiger partial charge in [0, 0.05) is 25.8 Å². The van der Waals surface area contributed by atoms with E-state index >= 15 is 0 Å². The van der Waals surface area contributed by atoms with Crippen LogP contribution in [0.3, 0.4) is 0 Å². The van der Waals surface area contributed by atoms with Gasteiger partial charge in [-0.3, -0.25) is 4.90 Å². The summed E-state index contributed by atoms with van der Waals surface area (Å²) in [6.07, 6.45) is 2.82. The Balaban J connectivity index is 1.38. The fourth-order valence-corrected chi connectivity index (χ4v) is 3.08. The molecule has 0 spiro atoms. The molecule has 0 saturated carbocycles. The number of nitriles is 2. The average molecular weight is 347 g/mol. The van der Waals surface area contributed by atoms with Crippen molar-refractivity contribution in [2.45, 2.75) is 6.42 Å². The summed E-state index contributed by atoms with van der Waals surface area (Å²) in [5.74, 6) is 2.00. The number of pyridine rings is 1. The molecule has 6 heteroatoms. The van der Waals surface area contributed by atoms with Gasteiger partial charge in [0.05, 0.1) is 17.2 Å². The minimum atomic E-state index is 0.540. The van der Waals surface area contributed by atoms with Crippen molar-refractivity contribution in [3.05, 3.63) is 53.7 Å². The van der Waals surface area contributed by atoms with Gasteiger partial charge >= 0.3 is 0 Å². The van der Waals surface area contributed by atoms with Gasteiger partial charge in [0.2, 0.25) is 0 Å². The van der Waals surface area contributed by atoms with E-state index in [0.717, 1.165) is 38.3 Å². The summed E-state index contributed by atoms with van der Waals surface area (Å²) in [6.45, 7) is 4.39. The van der Waals surface area contributed by atoms with Crippen molar-refractivity contribution in [2.24, 2.45) is 5.92 Å². The lowest BCUT2D eigenvalue weighted by molar-refractivity contribution is 0.233. The molecular formula is C20H21N5O. The Kier molecular flexibility index (Phi) is 6.03. The van der Waals surface area contributed by atoms with Gasteiger partial charge in [-0.05, 0) is 55.3 Å². The van der Waals surface area contributed by atoms with Crippen LogP contribution < -0.4 is 10.1 Å². The van der Waals surface area contributed by atoms with Gasteiger partial charge in [-0.15, -0.1) is 0 Å². The van der Waals surface area contributed by atoms with Gasteiger partial charge in [0.15, 0.2) is 0 Å². The number of hydrogen-bond donors (Lipinski definition) is 1. The number of rotatable bonds is 7. The van der Waals surface area contributed by atoms with Gasteiger partial charge in [-0.25, -0.2) is 4.98 Å². The number of likely N-dealkylation sites (tertiary alicyclic amines) is 1. The van der Waals surface area contributed by atoms with E-state index in [1.165, 1.54) is 0 Å². The number of nitrogens with one attached hydrogen (secondary N) is 1. The maximum Gasteiger partial charge on any atom is 0.143 e. The number of nitrogens with zero attached hydrogens (tertiary/aromatic N) is 4. The monoisotopic (exact) mass is 347 g/mol. The highest BCUT2D eigenvalue weighted by molar-refractivity contribution is 5.51. The van der Waals surface area contributed by atoms with Crippen molar-refractivity contribution >= 4 is 5.82 Å². The quantitative estimate of drug-likeness (QED) is 0.829. The zero-order chi connectivity index (χ0) is 18.2. The lowest BCUT2D eigenvalue weighted by atomic mass is 10.1. The lowest BCUT2D eigenvalue weighted by Gasteiger charge is -2.17. The molecule has 0 bridgehead atoms. The van der Waals surface area contributed by atoms with Gasteiger partial charge in [0.1, 0.15) is 24.2 Å². The zero-order valence-corrected chi connectivity index (χ0v) is 14.6. The van der Waals surface area contributed by atoms with Crippen LogP contribution in [0.25, 0.3) is 0 Å². The topological polar surface area (TPSA) is 85.0 Å². The molecule has 2 aromatic rings.